The molecule has 12 heteroatoms. The molecule has 0 saturated heterocycles. The molecule has 0 aliphatic carbocycles. The second kappa shape index (κ2) is 9.15. The van der Waals surface area contributed by atoms with E-state index in [9.17, 15) is 22.8 Å². The van der Waals surface area contributed by atoms with E-state index >= 15 is 0 Å². The number of esters is 1. The van der Waals surface area contributed by atoms with Crippen LogP contribution in [0.3, 0.4) is 0 Å². The van der Waals surface area contributed by atoms with Gasteiger partial charge in [-0.1, -0.05) is 0 Å². The second-order valence-corrected chi connectivity index (χ2v) is 7.68. The Kier molecular flexibility index (Phi) is 6.87. The lowest BCUT2D eigenvalue weighted by molar-refractivity contribution is -0.145. The highest BCUT2D eigenvalue weighted by Gasteiger charge is 2.27. The van der Waals surface area contributed by atoms with Crippen LogP contribution >= 0.6 is 0 Å². The van der Waals surface area contributed by atoms with Gasteiger partial charge < -0.3 is 20.7 Å². The number of carboxylic acid groups (broad SMARTS) is 2. The van der Waals surface area contributed by atoms with E-state index in [2.05, 4.69) is 0 Å². The van der Waals surface area contributed by atoms with Crippen LogP contribution in [-0.2, 0) is 19.6 Å². The Bertz CT molecular complexity index is 1080. The SMILES string of the molecule is N=C(N)c1ccc(OC(=O)c2ccc(S(=O)(=O)NC(CC(=O)O)C(=O)O)cc2)cc1. The molecule has 2 aromatic rings. The van der Waals surface area contributed by atoms with Gasteiger partial charge >= 0.3 is 17.9 Å². The average molecular weight is 435 g/mol. The summed E-state index contributed by atoms with van der Waals surface area (Å²) >= 11 is 0. The molecule has 2 aromatic carbocycles. The molecule has 11 nitrogen and oxygen atoms in total. The van der Waals surface area contributed by atoms with Gasteiger partial charge in [-0.15, -0.1) is 0 Å². The van der Waals surface area contributed by atoms with E-state index in [1.165, 1.54) is 24.3 Å². The Balaban J connectivity index is 2.12. The van der Waals surface area contributed by atoms with Crippen molar-refractivity contribution >= 4 is 33.8 Å². The Labute approximate surface area is 170 Å². The lowest BCUT2D eigenvalue weighted by atomic mass is 10.2. The average Bonchev–Trinajstić information content (AvgIpc) is 2.67. The van der Waals surface area contributed by atoms with Gasteiger partial charge in [-0.05, 0) is 48.5 Å². The summed E-state index contributed by atoms with van der Waals surface area (Å²) in [5.74, 6) is -3.87. The van der Waals surface area contributed by atoms with Crippen LogP contribution < -0.4 is 15.2 Å². The first-order valence-corrected chi connectivity index (χ1v) is 9.71. The van der Waals surface area contributed by atoms with Crippen molar-refractivity contribution in [1.82, 2.24) is 4.72 Å². The predicted molar refractivity (Wildman–Crippen MR) is 103 cm³/mol. The number of nitrogens with two attached hydrogens (primary N) is 1. The third-order valence-corrected chi connectivity index (χ3v) is 5.24. The summed E-state index contributed by atoms with van der Waals surface area (Å²) in [6, 6.07) is 8.42. The number of amidine groups is 1. The smallest absolute Gasteiger partial charge is 0.343 e. The molecule has 2 rings (SSSR count). The van der Waals surface area contributed by atoms with Gasteiger partial charge in [0.05, 0.1) is 16.9 Å². The van der Waals surface area contributed by atoms with Crippen LogP contribution in [0.1, 0.15) is 22.3 Å². The number of ether oxygens (including phenoxy) is 1. The van der Waals surface area contributed by atoms with Crippen molar-refractivity contribution in [2.75, 3.05) is 0 Å². The van der Waals surface area contributed by atoms with Gasteiger partial charge in [-0.3, -0.25) is 15.0 Å². The number of nitrogen functional groups attached to an aromatic ring is 1. The molecular formula is C18H17N3O8S. The standard InChI is InChI=1S/C18H17N3O8S/c19-16(20)10-1-5-12(6-2-10)29-18(26)11-3-7-13(8-4-11)30(27,28)21-14(17(24)25)9-15(22)23/h1-8,14,21H,9H2,(H3,19,20)(H,22,23)(H,24,25). The topological polar surface area (TPSA) is 197 Å². The molecule has 0 aliphatic heterocycles. The molecule has 6 N–H and O–H groups in total. The highest BCUT2D eigenvalue weighted by Crippen LogP contribution is 2.16. The lowest BCUT2D eigenvalue weighted by Gasteiger charge is -2.13. The van der Waals surface area contributed by atoms with Crippen molar-refractivity contribution in [2.45, 2.75) is 17.4 Å². The normalized spacial score (nSPS) is 12.0. The Morgan fingerprint density at radius 3 is 2.00 bits per heavy atom. The van der Waals surface area contributed by atoms with Gasteiger partial charge in [0.15, 0.2) is 0 Å². The number of carbonyl (C=O) groups is 3. The van der Waals surface area contributed by atoms with Crippen LogP contribution in [0.15, 0.2) is 53.4 Å². The fourth-order valence-electron chi connectivity index (χ4n) is 2.25. The number of rotatable bonds is 9. The zero-order valence-corrected chi connectivity index (χ0v) is 16.0. The van der Waals surface area contributed by atoms with Crippen molar-refractivity contribution in [3.63, 3.8) is 0 Å². The van der Waals surface area contributed by atoms with Crippen LogP contribution in [-0.4, -0.2) is 48.4 Å². The molecule has 0 saturated carbocycles. The van der Waals surface area contributed by atoms with E-state index in [1.807, 2.05) is 0 Å². The van der Waals surface area contributed by atoms with Crippen LogP contribution in [0.2, 0.25) is 0 Å². The molecule has 0 fully saturated rings. The zero-order chi connectivity index (χ0) is 22.5. The molecule has 30 heavy (non-hydrogen) atoms. The van der Waals surface area contributed by atoms with Crippen LogP contribution in [0.4, 0.5) is 0 Å². The fourth-order valence-corrected chi connectivity index (χ4v) is 3.44. The summed E-state index contributed by atoms with van der Waals surface area (Å²) in [6.45, 7) is 0. The summed E-state index contributed by atoms with van der Waals surface area (Å²) in [4.78, 5) is 33.6. The molecule has 0 radical (unpaired) electrons. The second-order valence-electron chi connectivity index (χ2n) is 5.96. The number of benzene rings is 2. The van der Waals surface area contributed by atoms with Gasteiger partial charge in [0, 0.05) is 5.56 Å². The quantitative estimate of drug-likeness (QED) is 0.160. The van der Waals surface area contributed by atoms with E-state index in [-0.39, 0.29) is 22.0 Å². The summed E-state index contributed by atoms with van der Waals surface area (Å²) in [5.41, 5.74) is 5.80. The maximum absolute atomic E-state index is 12.3. The number of carbonyl (C=O) groups excluding carboxylic acids is 1. The summed E-state index contributed by atoms with van der Waals surface area (Å²) < 4.78 is 31.5. The number of aliphatic carboxylic acids is 2. The minimum absolute atomic E-state index is 0.0184. The van der Waals surface area contributed by atoms with E-state index in [0.29, 0.717) is 5.56 Å². The van der Waals surface area contributed by atoms with Crippen molar-refractivity contribution in [2.24, 2.45) is 5.73 Å². The van der Waals surface area contributed by atoms with Gasteiger partial charge in [-0.2, -0.15) is 4.72 Å². The minimum Gasteiger partial charge on any atom is -0.481 e. The molecule has 0 bridgehead atoms. The molecule has 0 heterocycles. The molecule has 0 amide bonds. The molecule has 1 unspecified atom stereocenters. The Morgan fingerprint density at radius 2 is 1.53 bits per heavy atom. The Morgan fingerprint density at radius 1 is 1.00 bits per heavy atom. The fraction of sp³-hybridized carbons (Fsp3) is 0.111. The number of hydrogen-bond acceptors (Lipinski definition) is 7. The van der Waals surface area contributed by atoms with Crippen molar-refractivity contribution in [3.8, 4) is 5.75 Å². The monoisotopic (exact) mass is 435 g/mol. The number of nitrogens with one attached hydrogen (secondary N) is 2. The van der Waals surface area contributed by atoms with E-state index in [4.69, 9.17) is 26.1 Å². The van der Waals surface area contributed by atoms with Gasteiger partial charge in [0.2, 0.25) is 10.0 Å². The minimum atomic E-state index is -4.34. The first-order valence-electron chi connectivity index (χ1n) is 8.23. The molecule has 158 valence electrons. The van der Waals surface area contributed by atoms with Gasteiger partial charge in [0.1, 0.15) is 17.6 Å². The molecular weight excluding hydrogens is 418 g/mol. The molecule has 0 spiro atoms. The third-order valence-electron chi connectivity index (χ3n) is 3.75. The van der Waals surface area contributed by atoms with E-state index in [0.717, 1.165) is 24.3 Å². The first kappa shape index (κ1) is 22.5. The highest BCUT2D eigenvalue weighted by molar-refractivity contribution is 7.89. The number of hydrogen-bond donors (Lipinski definition) is 5. The summed E-state index contributed by atoms with van der Waals surface area (Å²) in [5, 5.41) is 25.0. The highest BCUT2D eigenvalue weighted by atomic mass is 32.2. The van der Waals surface area contributed by atoms with E-state index in [1.54, 1.807) is 4.72 Å². The van der Waals surface area contributed by atoms with Crippen LogP contribution in [0, 0.1) is 5.41 Å². The number of carboxylic acids is 2. The van der Waals surface area contributed by atoms with E-state index < -0.39 is 40.4 Å². The van der Waals surface area contributed by atoms with Gasteiger partial charge in [0.25, 0.3) is 0 Å². The largest absolute Gasteiger partial charge is 0.481 e. The van der Waals surface area contributed by atoms with Crippen LogP contribution in [0.25, 0.3) is 0 Å². The maximum atomic E-state index is 12.3. The predicted octanol–water partition coefficient (Wildman–Crippen LogP) is 0.396. The molecule has 0 aromatic heterocycles. The summed E-state index contributed by atoms with van der Waals surface area (Å²) in [6.07, 6.45) is -0.943. The maximum Gasteiger partial charge on any atom is 0.343 e. The Hall–Kier alpha value is -3.77. The van der Waals surface area contributed by atoms with Gasteiger partial charge in [-0.25, -0.2) is 13.2 Å². The zero-order valence-electron chi connectivity index (χ0n) is 15.2. The summed E-state index contributed by atoms with van der Waals surface area (Å²) in [7, 11) is -4.34. The van der Waals surface area contributed by atoms with Crippen LogP contribution in [0.5, 0.6) is 5.75 Å². The third kappa shape index (κ3) is 5.86. The van der Waals surface area contributed by atoms with Crippen molar-refractivity contribution < 1.29 is 37.8 Å². The first-order chi connectivity index (χ1) is 14.0. The lowest BCUT2D eigenvalue weighted by Crippen LogP contribution is -2.42. The number of sulfonamides is 1. The molecule has 0 aliphatic rings. The van der Waals surface area contributed by atoms with Crippen molar-refractivity contribution in [3.05, 3.63) is 59.7 Å². The van der Waals surface area contributed by atoms with Crippen molar-refractivity contribution in [1.29, 1.82) is 5.41 Å². The molecule has 1 atom stereocenters.